The maximum Gasteiger partial charge on any atom is 0.160 e. The monoisotopic (exact) mass is 146 g/mol. The van der Waals surface area contributed by atoms with Crippen molar-refractivity contribution in [2.24, 2.45) is 0 Å². The second kappa shape index (κ2) is 6.58. The SMILES string of the molecule is COC=CCC(OC)OC. The highest BCUT2D eigenvalue weighted by molar-refractivity contribution is 4.74. The third-order valence-corrected chi connectivity index (χ3v) is 1.09. The Kier molecular flexibility index (Phi) is 6.22. The summed E-state index contributed by atoms with van der Waals surface area (Å²) in [6.07, 6.45) is 4.00. The lowest BCUT2D eigenvalue weighted by Gasteiger charge is -2.09. The predicted molar refractivity (Wildman–Crippen MR) is 38.6 cm³/mol. The van der Waals surface area contributed by atoms with Crippen LogP contribution in [0.2, 0.25) is 0 Å². The van der Waals surface area contributed by atoms with Crippen LogP contribution in [0.3, 0.4) is 0 Å². The molecule has 0 atom stereocenters. The van der Waals surface area contributed by atoms with E-state index >= 15 is 0 Å². The number of hydrogen-bond acceptors (Lipinski definition) is 3. The quantitative estimate of drug-likeness (QED) is 0.430. The van der Waals surface area contributed by atoms with Crippen molar-refractivity contribution in [3.05, 3.63) is 12.3 Å². The van der Waals surface area contributed by atoms with Crippen LogP contribution in [0.4, 0.5) is 0 Å². The van der Waals surface area contributed by atoms with Crippen molar-refractivity contribution in [1.82, 2.24) is 0 Å². The second-order valence-corrected chi connectivity index (χ2v) is 1.74. The van der Waals surface area contributed by atoms with Gasteiger partial charge < -0.3 is 14.2 Å². The molecule has 0 saturated carbocycles. The van der Waals surface area contributed by atoms with Gasteiger partial charge in [0.2, 0.25) is 0 Å². The van der Waals surface area contributed by atoms with Crippen LogP contribution < -0.4 is 0 Å². The van der Waals surface area contributed by atoms with E-state index in [2.05, 4.69) is 4.74 Å². The van der Waals surface area contributed by atoms with Gasteiger partial charge in [-0.15, -0.1) is 0 Å². The summed E-state index contributed by atoms with van der Waals surface area (Å²) in [6.45, 7) is 0. The van der Waals surface area contributed by atoms with Crippen molar-refractivity contribution in [3.63, 3.8) is 0 Å². The molecule has 0 heterocycles. The summed E-state index contributed by atoms with van der Waals surface area (Å²) in [6, 6.07) is 0. The van der Waals surface area contributed by atoms with E-state index in [1.165, 1.54) is 0 Å². The van der Waals surface area contributed by atoms with E-state index < -0.39 is 0 Å². The Hall–Kier alpha value is -0.540. The van der Waals surface area contributed by atoms with Crippen molar-refractivity contribution < 1.29 is 14.2 Å². The fourth-order valence-electron chi connectivity index (χ4n) is 0.552. The normalized spacial score (nSPS) is 11.2. The second-order valence-electron chi connectivity index (χ2n) is 1.74. The highest BCUT2D eigenvalue weighted by Gasteiger charge is 1.99. The van der Waals surface area contributed by atoms with Crippen LogP contribution in [0.5, 0.6) is 0 Å². The Morgan fingerprint density at radius 1 is 1.20 bits per heavy atom. The van der Waals surface area contributed by atoms with E-state index in [9.17, 15) is 0 Å². The molecule has 0 saturated heterocycles. The van der Waals surface area contributed by atoms with Gasteiger partial charge in [-0.1, -0.05) is 0 Å². The zero-order chi connectivity index (χ0) is 7.82. The summed E-state index contributed by atoms with van der Waals surface area (Å²) >= 11 is 0. The van der Waals surface area contributed by atoms with Gasteiger partial charge in [0.25, 0.3) is 0 Å². The van der Waals surface area contributed by atoms with Crippen LogP contribution in [0.15, 0.2) is 12.3 Å². The van der Waals surface area contributed by atoms with Crippen molar-refractivity contribution in [2.45, 2.75) is 12.7 Å². The van der Waals surface area contributed by atoms with Gasteiger partial charge in [-0.05, 0) is 6.08 Å². The molecule has 0 aliphatic carbocycles. The summed E-state index contributed by atoms with van der Waals surface area (Å²) in [5.41, 5.74) is 0. The number of rotatable bonds is 5. The van der Waals surface area contributed by atoms with Crippen LogP contribution in [0.25, 0.3) is 0 Å². The molecule has 0 aliphatic rings. The molecule has 0 fully saturated rings. The molecule has 0 aliphatic heterocycles. The van der Waals surface area contributed by atoms with Crippen LogP contribution >= 0.6 is 0 Å². The first-order valence-corrected chi connectivity index (χ1v) is 3.08. The van der Waals surface area contributed by atoms with Gasteiger partial charge in [0.15, 0.2) is 6.29 Å². The molecule has 3 nitrogen and oxygen atoms in total. The fourth-order valence-corrected chi connectivity index (χ4v) is 0.552. The molecule has 10 heavy (non-hydrogen) atoms. The summed E-state index contributed by atoms with van der Waals surface area (Å²) in [4.78, 5) is 0. The van der Waals surface area contributed by atoms with E-state index in [1.807, 2.05) is 6.08 Å². The van der Waals surface area contributed by atoms with Gasteiger partial charge in [-0.3, -0.25) is 0 Å². The third-order valence-electron chi connectivity index (χ3n) is 1.09. The first-order valence-electron chi connectivity index (χ1n) is 3.08. The zero-order valence-corrected chi connectivity index (χ0v) is 6.66. The average molecular weight is 146 g/mol. The number of ether oxygens (including phenoxy) is 3. The van der Waals surface area contributed by atoms with Crippen molar-refractivity contribution in [2.75, 3.05) is 21.3 Å². The van der Waals surface area contributed by atoms with Gasteiger partial charge in [0, 0.05) is 20.6 Å². The van der Waals surface area contributed by atoms with E-state index in [0.29, 0.717) is 6.42 Å². The highest BCUT2D eigenvalue weighted by atomic mass is 16.7. The fraction of sp³-hybridized carbons (Fsp3) is 0.714. The Bertz CT molecular complexity index is 86.9. The zero-order valence-electron chi connectivity index (χ0n) is 6.66. The molecule has 60 valence electrons. The maximum atomic E-state index is 4.92. The Labute approximate surface area is 61.6 Å². The van der Waals surface area contributed by atoms with Gasteiger partial charge in [0.1, 0.15) is 0 Å². The van der Waals surface area contributed by atoms with E-state index in [1.54, 1.807) is 27.6 Å². The smallest absolute Gasteiger partial charge is 0.160 e. The number of hydrogen-bond donors (Lipinski definition) is 0. The number of methoxy groups -OCH3 is 3. The predicted octanol–water partition coefficient (Wildman–Crippen LogP) is 1.16. The van der Waals surface area contributed by atoms with E-state index in [-0.39, 0.29) is 6.29 Å². The van der Waals surface area contributed by atoms with Crippen LogP contribution in [-0.2, 0) is 14.2 Å². The maximum absolute atomic E-state index is 4.92. The van der Waals surface area contributed by atoms with Gasteiger partial charge in [0.05, 0.1) is 13.4 Å². The van der Waals surface area contributed by atoms with Gasteiger partial charge in [-0.25, -0.2) is 0 Å². The lowest BCUT2D eigenvalue weighted by molar-refractivity contribution is -0.0988. The van der Waals surface area contributed by atoms with Crippen LogP contribution in [0, 0.1) is 0 Å². The summed E-state index contributed by atoms with van der Waals surface area (Å²) < 4.78 is 14.5. The first-order chi connectivity index (χ1) is 4.85. The van der Waals surface area contributed by atoms with Crippen LogP contribution in [-0.4, -0.2) is 27.6 Å². The lowest BCUT2D eigenvalue weighted by Crippen LogP contribution is -2.10. The van der Waals surface area contributed by atoms with Crippen molar-refractivity contribution >= 4 is 0 Å². The van der Waals surface area contributed by atoms with Gasteiger partial charge >= 0.3 is 0 Å². The van der Waals surface area contributed by atoms with E-state index in [0.717, 1.165) is 0 Å². The van der Waals surface area contributed by atoms with Crippen molar-refractivity contribution in [3.8, 4) is 0 Å². The molecule has 0 aromatic carbocycles. The Morgan fingerprint density at radius 2 is 1.80 bits per heavy atom. The Balaban J connectivity index is 3.34. The van der Waals surface area contributed by atoms with Crippen molar-refractivity contribution in [1.29, 1.82) is 0 Å². The largest absolute Gasteiger partial charge is 0.505 e. The molecule has 3 heteroatoms. The third kappa shape index (κ3) is 4.35. The topological polar surface area (TPSA) is 27.7 Å². The highest BCUT2D eigenvalue weighted by Crippen LogP contribution is 1.97. The summed E-state index contributed by atoms with van der Waals surface area (Å²) in [5, 5.41) is 0. The minimum absolute atomic E-state index is 0.161. The minimum Gasteiger partial charge on any atom is -0.505 e. The average Bonchev–Trinajstić information content (AvgIpc) is 1.99. The molecular formula is C7H14O3. The summed E-state index contributed by atoms with van der Waals surface area (Å²) in [7, 11) is 4.81. The van der Waals surface area contributed by atoms with E-state index in [4.69, 9.17) is 9.47 Å². The molecule has 0 aromatic rings. The summed E-state index contributed by atoms with van der Waals surface area (Å²) in [5.74, 6) is 0. The Morgan fingerprint density at radius 3 is 2.20 bits per heavy atom. The molecule has 0 spiro atoms. The lowest BCUT2D eigenvalue weighted by atomic mass is 10.4. The standard InChI is InChI=1S/C7H14O3/c1-8-6-4-5-7(9-2)10-3/h4,6-7H,5H2,1-3H3. The molecule has 0 unspecified atom stereocenters. The minimum atomic E-state index is -0.161. The van der Waals surface area contributed by atoms with Gasteiger partial charge in [-0.2, -0.15) is 0 Å². The molecule has 0 amide bonds. The molecular weight excluding hydrogens is 132 g/mol. The van der Waals surface area contributed by atoms with Crippen LogP contribution in [0.1, 0.15) is 6.42 Å². The molecule has 0 radical (unpaired) electrons. The first kappa shape index (κ1) is 9.46. The molecule has 0 N–H and O–H groups in total. The molecule has 0 bridgehead atoms. The molecule has 0 aromatic heterocycles. The molecule has 0 rings (SSSR count).